The highest BCUT2D eigenvalue weighted by atomic mass is 35.5. The Hall–Kier alpha value is -3.37. The van der Waals surface area contributed by atoms with Crippen molar-refractivity contribution in [1.82, 2.24) is 0 Å². The van der Waals surface area contributed by atoms with Gasteiger partial charge in [0, 0.05) is 37.5 Å². The molecule has 32 heavy (non-hydrogen) atoms. The van der Waals surface area contributed by atoms with E-state index in [1.807, 2.05) is 12.1 Å². The van der Waals surface area contributed by atoms with Crippen molar-refractivity contribution < 1.29 is 4.79 Å². The van der Waals surface area contributed by atoms with E-state index in [9.17, 15) is 4.79 Å². The molecule has 0 spiro atoms. The summed E-state index contributed by atoms with van der Waals surface area (Å²) >= 11 is 0. The van der Waals surface area contributed by atoms with Crippen LogP contribution in [0.5, 0.6) is 0 Å². The Bertz CT molecular complexity index is 1140. The van der Waals surface area contributed by atoms with Crippen LogP contribution in [0.3, 0.4) is 0 Å². The zero-order valence-corrected chi connectivity index (χ0v) is 19.2. The fourth-order valence-electron chi connectivity index (χ4n) is 3.82. The largest absolute Gasteiger partial charge is 0.372 e. The number of nitrogens with one attached hydrogen (secondary N) is 1. The van der Waals surface area contributed by atoms with Gasteiger partial charge in [0.2, 0.25) is 5.91 Å². The number of aliphatic imine (C=N–C) groups is 1. The number of anilines is 2. The predicted octanol–water partition coefficient (Wildman–Crippen LogP) is 5.61. The zero-order valence-electron chi connectivity index (χ0n) is 18.4. The van der Waals surface area contributed by atoms with Gasteiger partial charge < -0.3 is 10.2 Å². The monoisotopic (exact) mass is 445 g/mol. The highest BCUT2D eigenvalue weighted by Crippen LogP contribution is 2.23. The second-order valence-corrected chi connectivity index (χ2v) is 7.84. The summed E-state index contributed by atoms with van der Waals surface area (Å²) in [5.74, 6) is -0.0558. The maximum atomic E-state index is 11.2. The maximum Gasteiger partial charge on any atom is 0.221 e. The van der Waals surface area contributed by atoms with Gasteiger partial charge in [0.25, 0.3) is 0 Å². The number of carbonyl (C=O) groups is 1. The van der Waals surface area contributed by atoms with Crippen LogP contribution in [-0.2, 0) is 11.2 Å². The molecule has 0 radical (unpaired) electrons. The van der Waals surface area contributed by atoms with Crippen molar-refractivity contribution in [2.24, 2.45) is 4.99 Å². The first kappa shape index (κ1) is 23.3. The molecule has 1 amide bonds. The van der Waals surface area contributed by atoms with Gasteiger partial charge in [0.1, 0.15) is 0 Å². The molecule has 1 heterocycles. The molecule has 4 nitrogen and oxygen atoms in total. The molecule has 1 aliphatic rings. The van der Waals surface area contributed by atoms with Crippen molar-refractivity contribution >= 4 is 41.5 Å². The van der Waals surface area contributed by atoms with Crippen LogP contribution in [0.25, 0.3) is 6.08 Å². The Morgan fingerprint density at radius 3 is 2.56 bits per heavy atom. The SMILES string of the molecule is CC(=O)Nc1ccc(Cc2cccc(/C=C/C3=NCCN(C)c4ccccc43)c2)cc1.Cl. The number of allylic oxidation sites excluding steroid dienone is 1. The van der Waals surface area contributed by atoms with Crippen molar-refractivity contribution in [3.8, 4) is 0 Å². The van der Waals surface area contributed by atoms with Gasteiger partial charge in [-0.1, -0.05) is 60.7 Å². The molecule has 0 aliphatic carbocycles. The number of rotatable bonds is 5. The molecule has 3 aromatic carbocycles. The molecule has 4 rings (SSSR count). The summed E-state index contributed by atoms with van der Waals surface area (Å²) in [5, 5.41) is 2.80. The van der Waals surface area contributed by atoms with E-state index in [2.05, 4.69) is 90.1 Å². The highest BCUT2D eigenvalue weighted by Gasteiger charge is 2.13. The van der Waals surface area contributed by atoms with Crippen LogP contribution in [0, 0.1) is 0 Å². The Labute approximate surface area is 196 Å². The van der Waals surface area contributed by atoms with E-state index in [1.165, 1.54) is 29.3 Å². The summed E-state index contributed by atoms with van der Waals surface area (Å²) in [6.07, 6.45) is 5.11. The highest BCUT2D eigenvalue weighted by molar-refractivity contribution is 6.14. The van der Waals surface area contributed by atoms with Crippen LogP contribution in [0.15, 0.2) is 83.9 Å². The molecule has 5 heteroatoms. The Morgan fingerprint density at radius 1 is 1.00 bits per heavy atom. The first-order valence-corrected chi connectivity index (χ1v) is 10.6. The standard InChI is InChI=1S/C27H27N3O.ClH/c1-20(31)29-24-13-10-22(11-14-24)19-23-7-5-6-21(18-23)12-15-26-25-8-3-4-9-27(25)30(2)17-16-28-26;/h3-15,18H,16-17,19H2,1-2H3,(H,29,31);1H/b15-12+;. The maximum absolute atomic E-state index is 11.2. The van der Waals surface area contributed by atoms with Crippen LogP contribution in [-0.4, -0.2) is 31.8 Å². The Morgan fingerprint density at radius 2 is 1.78 bits per heavy atom. The fourth-order valence-corrected chi connectivity index (χ4v) is 3.82. The van der Waals surface area contributed by atoms with Gasteiger partial charge in [-0.25, -0.2) is 0 Å². The van der Waals surface area contributed by atoms with Crippen molar-refractivity contribution in [3.05, 3.63) is 101 Å². The number of halogens is 1. The molecule has 164 valence electrons. The lowest BCUT2D eigenvalue weighted by atomic mass is 10.0. The number of carbonyl (C=O) groups excluding carboxylic acids is 1. The number of likely N-dealkylation sites (N-methyl/N-ethyl adjacent to an activating group) is 1. The third-order valence-electron chi connectivity index (χ3n) is 5.38. The molecule has 0 fully saturated rings. The Kier molecular flexibility index (Phi) is 7.85. The number of para-hydroxylation sites is 1. The van der Waals surface area contributed by atoms with Crippen LogP contribution >= 0.6 is 12.4 Å². The summed E-state index contributed by atoms with van der Waals surface area (Å²) in [7, 11) is 2.12. The van der Waals surface area contributed by atoms with Crippen LogP contribution in [0.1, 0.15) is 29.2 Å². The van der Waals surface area contributed by atoms with Gasteiger partial charge in [0.05, 0.1) is 12.3 Å². The lowest BCUT2D eigenvalue weighted by Crippen LogP contribution is -2.20. The number of hydrogen-bond acceptors (Lipinski definition) is 3. The van der Waals surface area contributed by atoms with E-state index in [4.69, 9.17) is 4.99 Å². The van der Waals surface area contributed by atoms with E-state index in [1.54, 1.807) is 0 Å². The molecule has 0 aromatic heterocycles. The molecule has 0 atom stereocenters. The minimum atomic E-state index is -0.0558. The van der Waals surface area contributed by atoms with E-state index in [0.717, 1.165) is 36.5 Å². The van der Waals surface area contributed by atoms with Crippen LogP contribution < -0.4 is 10.2 Å². The summed E-state index contributed by atoms with van der Waals surface area (Å²) in [4.78, 5) is 18.2. The topological polar surface area (TPSA) is 44.7 Å². The van der Waals surface area contributed by atoms with E-state index >= 15 is 0 Å². The molecule has 1 N–H and O–H groups in total. The first-order valence-electron chi connectivity index (χ1n) is 10.6. The normalized spacial score (nSPS) is 13.1. The molecule has 0 saturated heterocycles. The lowest BCUT2D eigenvalue weighted by Gasteiger charge is -2.18. The summed E-state index contributed by atoms with van der Waals surface area (Å²) in [5.41, 5.74) is 7.86. The van der Waals surface area contributed by atoms with Crippen LogP contribution in [0.4, 0.5) is 11.4 Å². The summed E-state index contributed by atoms with van der Waals surface area (Å²) in [6.45, 7) is 3.23. The molecule has 0 saturated carbocycles. The number of benzene rings is 3. The van der Waals surface area contributed by atoms with Crippen molar-refractivity contribution in [1.29, 1.82) is 0 Å². The van der Waals surface area contributed by atoms with E-state index in [-0.39, 0.29) is 18.3 Å². The van der Waals surface area contributed by atoms with Crippen molar-refractivity contribution in [2.45, 2.75) is 13.3 Å². The number of fused-ring (bicyclic) bond motifs is 1. The molecular weight excluding hydrogens is 418 g/mol. The van der Waals surface area contributed by atoms with Crippen molar-refractivity contribution in [2.75, 3.05) is 30.4 Å². The van der Waals surface area contributed by atoms with Crippen LogP contribution in [0.2, 0.25) is 0 Å². The Balaban J connectivity index is 0.00000289. The number of hydrogen-bond donors (Lipinski definition) is 1. The molecule has 0 bridgehead atoms. The minimum Gasteiger partial charge on any atom is -0.372 e. The van der Waals surface area contributed by atoms with Gasteiger partial charge in [-0.15, -0.1) is 12.4 Å². The second kappa shape index (κ2) is 10.8. The van der Waals surface area contributed by atoms with Crippen molar-refractivity contribution in [3.63, 3.8) is 0 Å². The third-order valence-corrected chi connectivity index (χ3v) is 5.38. The van der Waals surface area contributed by atoms with Gasteiger partial charge in [-0.05, 0) is 47.4 Å². The van der Waals surface area contributed by atoms with Gasteiger partial charge in [0.15, 0.2) is 0 Å². The molecular formula is C27H28ClN3O. The predicted molar refractivity (Wildman–Crippen MR) is 137 cm³/mol. The average Bonchev–Trinajstić information content (AvgIpc) is 2.93. The second-order valence-electron chi connectivity index (χ2n) is 7.84. The van der Waals surface area contributed by atoms with Gasteiger partial charge in [-0.2, -0.15) is 0 Å². The lowest BCUT2D eigenvalue weighted by molar-refractivity contribution is -0.114. The zero-order chi connectivity index (χ0) is 21.6. The summed E-state index contributed by atoms with van der Waals surface area (Å²) < 4.78 is 0. The quantitative estimate of drug-likeness (QED) is 0.554. The summed E-state index contributed by atoms with van der Waals surface area (Å²) in [6, 6.07) is 25.0. The third kappa shape index (κ3) is 5.86. The fraction of sp³-hybridized carbons (Fsp3) is 0.185. The van der Waals surface area contributed by atoms with E-state index in [0.29, 0.717) is 0 Å². The van der Waals surface area contributed by atoms with Gasteiger partial charge >= 0.3 is 0 Å². The van der Waals surface area contributed by atoms with Gasteiger partial charge in [-0.3, -0.25) is 9.79 Å². The minimum absolute atomic E-state index is 0. The number of amides is 1. The van der Waals surface area contributed by atoms with E-state index < -0.39 is 0 Å². The average molecular weight is 446 g/mol. The first-order chi connectivity index (χ1) is 15.1. The number of benzodiazepines with no additional fused rings is 1. The molecule has 1 aliphatic heterocycles. The molecule has 3 aromatic rings. The molecule has 0 unspecified atom stereocenters. The smallest absolute Gasteiger partial charge is 0.221 e. The number of nitrogens with zero attached hydrogens (tertiary/aromatic N) is 2.